The van der Waals surface area contributed by atoms with E-state index in [9.17, 15) is 13.2 Å². The average molecular weight is 330 g/mol. The molecule has 0 saturated carbocycles. The van der Waals surface area contributed by atoms with Gasteiger partial charge in [0, 0.05) is 0 Å². The third-order valence-corrected chi connectivity index (χ3v) is 4.74. The number of hydrogen-bond donors (Lipinski definition) is 3. The Kier molecular flexibility index (Phi) is 3.93. The molecule has 2 aromatic rings. The second kappa shape index (κ2) is 5.38. The van der Waals surface area contributed by atoms with E-state index in [-0.39, 0.29) is 21.2 Å². The molecule has 0 atom stereocenters. The molecule has 0 spiro atoms. The van der Waals surface area contributed by atoms with Crippen LogP contribution in [0.3, 0.4) is 0 Å². The molecule has 0 amide bonds. The number of aromatic amines is 1. The summed E-state index contributed by atoms with van der Waals surface area (Å²) in [6.45, 7) is 3.12. The van der Waals surface area contributed by atoms with Gasteiger partial charge in [-0.1, -0.05) is 11.6 Å². The lowest BCUT2D eigenvalue weighted by atomic mass is 10.2. The number of H-pyrrole nitrogens is 1. The van der Waals surface area contributed by atoms with Crippen LogP contribution in [0.5, 0.6) is 0 Å². The summed E-state index contributed by atoms with van der Waals surface area (Å²) in [5.41, 5.74) is 0.616. The molecule has 0 bridgehead atoms. The van der Waals surface area contributed by atoms with Gasteiger partial charge in [0.1, 0.15) is 4.90 Å². The van der Waals surface area contributed by atoms with Gasteiger partial charge in [-0.15, -0.1) is 0 Å². The van der Waals surface area contributed by atoms with Gasteiger partial charge in [0.2, 0.25) is 0 Å². The van der Waals surface area contributed by atoms with Crippen molar-refractivity contribution in [3.8, 4) is 0 Å². The third kappa shape index (κ3) is 3.01. The van der Waals surface area contributed by atoms with Crippen molar-refractivity contribution in [3.63, 3.8) is 0 Å². The first-order valence-electron chi connectivity index (χ1n) is 5.79. The van der Waals surface area contributed by atoms with Gasteiger partial charge in [-0.2, -0.15) is 5.10 Å². The number of halogens is 1. The number of benzene rings is 1. The number of nitrogens with one attached hydrogen (secondary N) is 2. The van der Waals surface area contributed by atoms with Gasteiger partial charge in [0.15, 0.2) is 0 Å². The van der Waals surface area contributed by atoms with E-state index in [2.05, 4.69) is 14.9 Å². The highest BCUT2D eigenvalue weighted by atomic mass is 35.5. The van der Waals surface area contributed by atoms with Crippen LogP contribution in [0, 0.1) is 13.8 Å². The Morgan fingerprint density at radius 2 is 2.05 bits per heavy atom. The molecule has 2 rings (SSSR count). The monoisotopic (exact) mass is 329 g/mol. The van der Waals surface area contributed by atoms with Gasteiger partial charge in [-0.05, 0) is 32.0 Å². The molecule has 21 heavy (non-hydrogen) atoms. The molecule has 0 aliphatic heterocycles. The standard InChI is InChI=1S/C12H12ClN3O4S/c1-6-11(7(2)15-14-6)21(19,20)16-10-5-8(12(17)18)3-4-9(10)13/h3-5,16H,1-2H3,(H,14,15)(H,17,18). The largest absolute Gasteiger partial charge is 0.478 e. The fourth-order valence-corrected chi connectivity index (χ4v) is 3.53. The van der Waals surface area contributed by atoms with Gasteiger partial charge in [0.25, 0.3) is 10.0 Å². The van der Waals surface area contributed by atoms with Crippen LogP contribution in [-0.4, -0.2) is 29.7 Å². The van der Waals surface area contributed by atoms with E-state index in [1.807, 2.05) is 0 Å². The average Bonchev–Trinajstić information content (AvgIpc) is 2.71. The van der Waals surface area contributed by atoms with Gasteiger partial charge >= 0.3 is 5.97 Å². The smallest absolute Gasteiger partial charge is 0.335 e. The highest BCUT2D eigenvalue weighted by molar-refractivity contribution is 7.92. The molecule has 7 nitrogen and oxygen atoms in total. The SMILES string of the molecule is Cc1n[nH]c(C)c1S(=O)(=O)Nc1cc(C(=O)O)ccc1Cl. The molecule has 0 fully saturated rings. The molecule has 1 heterocycles. The predicted molar refractivity (Wildman–Crippen MR) is 77.3 cm³/mol. The fraction of sp³-hybridized carbons (Fsp3) is 0.167. The van der Waals surface area contributed by atoms with Crippen molar-refractivity contribution in [1.29, 1.82) is 0 Å². The number of carbonyl (C=O) groups is 1. The minimum atomic E-state index is -3.92. The minimum absolute atomic E-state index is 0.00318. The Bertz CT molecular complexity index is 794. The van der Waals surface area contributed by atoms with Crippen molar-refractivity contribution >= 4 is 33.3 Å². The number of carboxylic acid groups (broad SMARTS) is 1. The molecule has 0 unspecified atom stereocenters. The molecule has 0 saturated heterocycles. The van der Waals surface area contributed by atoms with Crippen LogP contribution in [0.25, 0.3) is 0 Å². The fourth-order valence-electron chi connectivity index (χ4n) is 1.87. The van der Waals surface area contributed by atoms with Crippen LogP contribution in [0.2, 0.25) is 5.02 Å². The van der Waals surface area contributed by atoms with Gasteiger partial charge in [-0.25, -0.2) is 13.2 Å². The van der Waals surface area contributed by atoms with Crippen molar-refractivity contribution < 1.29 is 18.3 Å². The first-order chi connectivity index (χ1) is 9.72. The van der Waals surface area contributed by atoms with Crippen molar-refractivity contribution in [2.24, 2.45) is 0 Å². The van der Waals surface area contributed by atoms with Crippen LogP contribution in [0.1, 0.15) is 21.7 Å². The maximum Gasteiger partial charge on any atom is 0.335 e. The minimum Gasteiger partial charge on any atom is -0.478 e. The van der Waals surface area contributed by atoms with E-state index in [1.54, 1.807) is 13.8 Å². The molecule has 0 radical (unpaired) electrons. The highest BCUT2D eigenvalue weighted by Gasteiger charge is 2.23. The second-order valence-corrected chi connectivity index (χ2v) is 6.39. The first kappa shape index (κ1) is 15.3. The normalized spacial score (nSPS) is 11.4. The zero-order valence-corrected chi connectivity index (χ0v) is 12.7. The lowest BCUT2D eigenvalue weighted by molar-refractivity contribution is 0.0697. The van der Waals surface area contributed by atoms with Gasteiger partial charge in [0.05, 0.1) is 27.7 Å². The molecule has 3 N–H and O–H groups in total. The molecular formula is C12H12ClN3O4S. The summed E-state index contributed by atoms with van der Waals surface area (Å²) in [4.78, 5) is 10.9. The van der Waals surface area contributed by atoms with Crippen LogP contribution in [0.15, 0.2) is 23.1 Å². The Hall–Kier alpha value is -2.06. The Labute approximate surface area is 126 Å². The molecule has 112 valence electrons. The number of rotatable bonds is 4. The Morgan fingerprint density at radius 3 is 2.57 bits per heavy atom. The summed E-state index contributed by atoms with van der Waals surface area (Å²) < 4.78 is 27.0. The van der Waals surface area contributed by atoms with Gasteiger partial charge in [-0.3, -0.25) is 9.82 Å². The summed E-state index contributed by atoms with van der Waals surface area (Å²) in [7, 11) is -3.92. The highest BCUT2D eigenvalue weighted by Crippen LogP contribution is 2.27. The summed E-state index contributed by atoms with van der Waals surface area (Å²) in [5.74, 6) is -1.18. The number of sulfonamides is 1. The molecule has 0 aliphatic carbocycles. The molecule has 0 aliphatic rings. The van der Waals surface area contributed by atoms with Crippen LogP contribution < -0.4 is 4.72 Å². The molecule has 1 aromatic heterocycles. The molecule has 1 aromatic carbocycles. The number of carboxylic acids is 1. The van der Waals surface area contributed by atoms with E-state index < -0.39 is 16.0 Å². The Morgan fingerprint density at radius 1 is 1.38 bits per heavy atom. The lowest BCUT2D eigenvalue weighted by Gasteiger charge is -2.10. The van der Waals surface area contributed by atoms with E-state index in [4.69, 9.17) is 16.7 Å². The number of nitrogens with zero attached hydrogens (tertiary/aromatic N) is 1. The molecule has 9 heteroatoms. The number of anilines is 1. The van der Waals surface area contributed by atoms with Gasteiger partial charge < -0.3 is 5.11 Å². The first-order valence-corrected chi connectivity index (χ1v) is 7.65. The van der Waals surface area contributed by atoms with Crippen molar-refractivity contribution in [2.75, 3.05) is 4.72 Å². The maximum atomic E-state index is 12.4. The lowest BCUT2D eigenvalue weighted by Crippen LogP contribution is -2.15. The number of aryl methyl sites for hydroxylation is 2. The van der Waals surface area contributed by atoms with E-state index in [0.29, 0.717) is 11.4 Å². The van der Waals surface area contributed by atoms with E-state index in [1.165, 1.54) is 12.1 Å². The molecular weight excluding hydrogens is 318 g/mol. The van der Waals surface area contributed by atoms with Crippen molar-refractivity contribution in [2.45, 2.75) is 18.7 Å². The van der Waals surface area contributed by atoms with Crippen LogP contribution in [-0.2, 0) is 10.0 Å². The van der Waals surface area contributed by atoms with Crippen molar-refractivity contribution in [3.05, 3.63) is 40.2 Å². The summed E-state index contributed by atoms with van der Waals surface area (Å²) in [5, 5.41) is 15.4. The predicted octanol–water partition coefficient (Wildman–Crippen LogP) is 2.18. The maximum absolute atomic E-state index is 12.4. The number of aromatic carboxylic acids is 1. The van der Waals surface area contributed by atoms with E-state index >= 15 is 0 Å². The number of aromatic nitrogens is 2. The summed E-state index contributed by atoms with van der Waals surface area (Å²) in [6, 6.07) is 3.77. The van der Waals surface area contributed by atoms with Crippen molar-refractivity contribution in [1.82, 2.24) is 10.2 Å². The van der Waals surface area contributed by atoms with Crippen LogP contribution >= 0.6 is 11.6 Å². The topological polar surface area (TPSA) is 112 Å². The third-order valence-electron chi connectivity index (χ3n) is 2.79. The zero-order valence-electron chi connectivity index (χ0n) is 11.1. The zero-order chi connectivity index (χ0) is 15.8. The Balaban J connectivity index is 2.46. The quantitative estimate of drug-likeness (QED) is 0.795. The second-order valence-electron chi connectivity index (χ2n) is 4.37. The van der Waals surface area contributed by atoms with E-state index in [0.717, 1.165) is 6.07 Å². The summed E-state index contributed by atoms with van der Waals surface area (Å²) >= 11 is 5.90. The number of hydrogen-bond acceptors (Lipinski definition) is 4. The summed E-state index contributed by atoms with van der Waals surface area (Å²) in [6.07, 6.45) is 0. The van der Waals surface area contributed by atoms with Crippen LogP contribution in [0.4, 0.5) is 5.69 Å².